The number of benzene rings is 1. The largest absolute Gasteiger partial charge is 0.368 e. The maximum atomic E-state index is 5.83. The molecule has 1 unspecified atom stereocenters. The Bertz CT molecular complexity index is 304. The van der Waals surface area contributed by atoms with E-state index in [1.54, 1.807) is 0 Å². The summed E-state index contributed by atoms with van der Waals surface area (Å²) in [6.45, 7) is 1.17. The maximum Gasteiger partial charge on any atom is 0.0955 e. The van der Waals surface area contributed by atoms with Crippen LogP contribution in [0.5, 0.6) is 0 Å². The van der Waals surface area contributed by atoms with E-state index >= 15 is 0 Å². The van der Waals surface area contributed by atoms with Crippen molar-refractivity contribution in [2.45, 2.75) is 12.7 Å². The Morgan fingerprint density at radius 3 is 3.00 bits per heavy atom. The molecule has 4 heteroatoms. The van der Waals surface area contributed by atoms with Crippen molar-refractivity contribution in [1.29, 1.82) is 0 Å². The molecular formula is C9H11Cl2NO. The minimum atomic E-state index is 0. The Labute approximate surface area is 88.4 Å². The molecule has 0 radical (unpaired) electrons. The highest BCUT2D eigenvalue weighted by Crippen LogP contribution is 2.31. The molecule has 1 aliphatic rings. The molecule has 0 amide bonds. The Morgan fingerprint density at radius 1 is 1.54 bits per heavy atom. The van der Waals surface area contributed by atoms with Crippen molar-refractivity contribution < 1.29 is 4.74 Å². The van der Waals surface area contributed by atoms with Crippen molar-refractivity contribution in [1.82, 2.24) is 0 Å². The van der Waals surface area contributed by atoms with E-state index in [1.807, 2.05) is 18.2 Å². The number of ether oxygens (including phenoxy) is 1. The zero-order valence-corrected chi connectivity index (χ0v) is 8.57. The normalized spacial score (nSPS) is 19.4. The summed E-state index contributed by atoms with van der Waals surface area (Å²) in [5.74, 6) is 0. The third-order valence-corrected chi connectivity index (χ3v) is 2.34. The molecule has 0 aliphatic carbocycles. The number of halogens is 2. The van der Waals surface area contributed by atoms with Crippen LogP contribution in [0.2, 0.25) is 5.02 Å². The second-order valence-corrected chi connectivity index (χ2v) is 3.31. The number of nitrogens with two attached hydrogens (primary N) is 1. The Hall–Kier alpha value is -0.280. The van der Waals surface area contributed by atoms with E-state index in [1.165, 1.54) is 5.56 Å². The first-order chi connectivity index (χ1) is 5.81. The van der Waals surface area contributed by atoms with Gasteiger partial charge >= 0.3 is 0 Å². The van der Waals surface area contributed by atoms with E-state index < -0.39 is 0 Å². The zero-order valence-electron chi connectivity index (χ0n) is 7.00. The van der Waals surface area contributed by atoms with Crippen molar-refractivity contribution in [2.24, 2.45) is 5.73 Å². The minimum Gasteiger partial charge on any atom is -0.368 e. The van der Waals surface area contributed by atoms with Gasteiger partial charge in [0, 0.05) is 11.6 Å². The molecule has 2 nitrogen and oxygen atoms in total. The van der Waals surface area contributed by atoms with Gasteiger partial charge in [-0.3, -0.25) is 0 Å². The lowest BCUT2D eigenvalue weighted by Crippen LogP contribution is -2.10. The summed E-state index contributed by atoms with van der Waals surface area (Å²) in [7, 11) is 0. The van der Waals surface area contributed by atoms with E-state index in [9.17, 15) is 0 Å². The molecule has 1 heterocycles. The fourth-order valence-corrected chi connectivity index (χ4v) is 1.68. The summed E-state index contributed by atoms with van der Waals surface area (Å²) in [6, 6.07) is 5.80. The Morgan fingerprint density at radius 2 is 2.31 bits per heavy atom. The SMILES string of the molecule is Cl.NCC1OCc2cc(Cl)ccc21. The predicted molar refractivity (Wildman–Crippen MR) is 55.3 cm³/mol. The fourth-order valence-electron chi connectivity index (χ4n) is 1.49. The van der Waals surface area contributed by atoms with E-state index in [-0.39, 0.29) is 18.5 Å². The van der Waals surface area contributed by atoms with Gasteiger partial charge in [-0.25, -0.2) is 0 Å². The topological polar surface area (TPSA) is 35.2 Å². The predicted octanol–water partition coefficient (Wildman–Crippen LogP) is 2.29. The Kier molecular flexibility index (Phi) is 3.56. The first-order valence-electron chi connectivity index (χ1n) is 3.91. The van der Waals surface area contributed by atoms with Crippen molar-refractivity contribution in [3.8, 4) is 0 Å². The summed E-state index contributed by atoms with van der Waals surface area (Å²) >= 11 is 5.83. The van der Waals surface area contributed by atoms with Gasteiger partial charge in [-0.1, -0.05) is 17.7 Å². The molecule has 0 saturated carbocycles. The van der Waals surface area contributed by atoms with Gasteiger partial charge in [0.2, 0.25) is 0 Å². The van der Waals surface area contributed by atoms with Gasteiger partial charge in [-0.05, 0) is 23.3 Å². The maximum absolute atomic E-state index is 5.83. The standard InChI is InChI=1S/C9H10ClNO.ClH/c10-7-1-2-8-6(3-7)5-12-9(8)4-11;/h1-3,9H,4-5,11H2;1H. The average molecular weight is 220 g/mol. The van der Waals surface area contributed by atoms with Crippen LogP contribution < -0.4 is 5.73 Å². The number of hydrogen-bond acceptors (Lipinski definition) is 2. The summed E-state index contributed by atoms with van der Waals surface area (Å²) in [4.78, 5) is 0. The van der Waals surface area contributed by atoms with E-state index in [0.717, 1.165) is 10.6 Å². The summed E-state index contributed by atoms with van der Waals surface area (Å²) in [5.41, 5.74) is 7.88. The zero-order chi connectivity index (χ0) is 8.55. The number of rotatable bonds is 1. The van der Waals surface area contributed by atoms with Gasteiger partial charge in [0.1, 0.15) is 0 Å². The lowest BCUT2D eigenvalue weighted by atomic mass is 10.1. The van der Waals surface area contributed by atoms with E-state index in [2.05, 4.69) is 0 Å². The van der Waals surface area contributed by atoms with Crippen molar-refractivity contribution in [2.75, 3.05) is 6.54 Å². The molecule has 0 aromatic heterocycles. The van der Waals surface area contributed by atoms with Crippen molar-refractivity contribution in [3.05, 3.63) is 34.3 Å². The lowest BCUT2D eigenvalue weighted by Gasteiger charge is -2.06. The molecule has 0 fully saturated rings. The monoisotopic (exact) mass is 219 g/mol. The first kappa shape index (κ1) is 10.8. The van der Waals surface area contributed by atoms with Gasteiger partial charge in [0.05, 0.1) is 12.7 Å². The van der Waals surface area contributed by atoms with Crippen LogP contribution in [0.1, 0.15) is 17.2 Å². The molecule has 13 heavy (non-hydrogen) atoms. The molecule has 2 rings (SSSR count). The number of fused-ring (bicyclic) bond motifs is 1. The highest BCUT2D eigenvalue weighted by atomic mass is 35.5. The summed E-state index contributed by atoms with van der Waals surface area (Å²) in [6.07, 6.45) is 0.0669. The molecular weight excluding hydrogens is 209 g/mol. The van der Waals surface area contributed by atoms with Crippen LogP contribution in [0, 0.1) is 0 Å². The molecule has 0 bridgehead atoms. The first-order valence-corrected chi connectivity index (χ1v) is 4.29. The molecule has 1 aromatic carbocycles. The van der Waals surface area contributed by atoms with Crippen LogP contribution in [0.25, 0.3) is 0 Å². The highest BCUT2D eigenvalue weighted by Gasteiger charge is 2.21. The molecule has 2 N–H and O–H groups in total. The van der Waals surface area contributed by atoms with Crippen molar-refractivity contribution >= 4 is 24.0 Å². The number of hydrogen-bond donors (Lipinski definition) is 1. The van der Waals surface area contributed by atoms with Gasteiger partial charge in [-0.2, -0.15) is 0 Å². The third-order valence-electron chi connectivity index (χ3n) is 2.11. The molecule has 0 spiro atoms. The van der Waals surface area contributed by atoms with Crippen LogP contribution in [0.3, 0.4) is 0 Å². The third kappa shape index (κ3) is 1.97. The second kappa shape index (κ2) is 4.29. The van der Waals surface area contributed by atoms with Crippen LogP contribution in [-0.2, 0) is 11.3 Å². The smallest absolute Gasteiger partial charge is 0.0955 e. The Balaban J connectivity index is 0.000000845. The van der Waals surface area contributed by atoms with E-state index in [0.29, 0.717) is 13.2 Å². The van der Waals surface area contributed by atoms with Gasteiger partial charge in [-0.15, -0.1) is 12.4 Å². The molecule has 0 saturated heterocycles. The molecule has 1 aliphatic heterocycles. The van der Waals surface area contributed by atoms with Gasteiger partial charge in [0.15, 0.2) is 0 Å². The highest BCUT2D eigenvalue weighted by molar-refractivity contribution is 6.30. The molecule has 72 valence electrons. The van der Waals surface area contributed by atoms with Crippen LogP contribution in [0.4, 0.5) is 0 Å². The van der Waals surface area contributed by atoms with Crippen LogP contribution in [-0.4, -0.2) is 6.54 Å². The van der Waals surface area contributed by atoms with Crippen LogP contribution >= 0.6 is 24.0 Å². The lowest BCUT2D eigenvalue weighted by molar-refractivity contribution is 0.0723. The summed E-state index contributed by atoms with van der Waals surface area (Å²) < 4.78 is 5.44. The quantitative estimate of drug-likeness (QED) is 0.787. The second-order valence-electron chi connectivity index (χ2n) is 2.88. The fraction of sp³-hybridized carbons (Fsp3) is 0.333. The average Bonchev–Trinajstić information content (AvgIpc) is 2.46. The van der Waals surface area contributed by atoms with Crippen molar-refractivity contribution in [3.63, 3.8) is 0 Å². The van der Waals surface area contributed by atoms with Gasteiger partial charge < -0.3 is 10.5 Å². The summed E-state index contributed by atoms with van der Waals surface area (Å²) in [5, 5.41) is 0.759. The molecule has 1 atom stereocenters. The minimum absolute atomic E-state index is 0. The van der Waals surface area contributed by atoms with E-state index in [4.69, 9.17) is 22.1 Å². The van der Waals surface area contributed by atoms with Gasteiger partial charge in [0.25, 0.3) is 0 Å². The van der Waals surface area contributed by atoms with Crippen LogP contribution in [0.15, 0.2) is 18.2 Å². The molecule has 1 aromatic rings.